The molecule has 0 bridgehead atoms. The first kappa shape index (κ1) is 17.8. The van der Waals surface area contributed by atoms with Crippen molar-refractivity contribution in [3.8, 4) is 0 Å². The van der Waals surface area contributed by atoms with E-state index in [1.54, 1.807) is 0 Å². The van der Waals surface area contributed by atoms with Gasteiger partial charge in [0.15, 0.2) is 0 Å². The van der Waals surface area contributed by atoms with Crippen LogP contribution >= 0.6 is 0 Å². The molecule has 4 rings (SSSR count). The minimum atomic E-state index is -0.00298. The van der Waals surface area contributed by atoms with Crippen molar-refractivity contribution in [2.75, 3.05) is 13.1 Å². The predicted molar refractivity (Wildman–Crippen MR) is 105 cm³/mol. The van der Waals surface area contributed by atoms with Gasteiger partial charge in [0.05, 0.1) is 6.54 Å². The molecule has 1 N–H and O–H groups in total. The summed E-state index contributed by atoms with van der Waals surface area (Å²) >= 11 is 0. The summed E-state index contributed by atoms with van der Waals surface area (Å²) in [6.07, 6.45) is 4.14. The maximum atomic E-state index is 12.8. The van der Waals surface area contributed by atoms with Crippen molar-refractivity contribution in [2.45, 2.75) is 38.1 Å². The third-order valence-electron chi connectivity index (χ3n) is 5.89. The molecule has 0 aromatic heterocycles. The quantitative estimate of drug-likeness (QED) is 0.905. The summed E-state index contributed by atoms with van der Waals surface area (Å²) in [6.45, 7) is 1.36. The zero-order valence-electron chi connectivity index (χ0n) is 15.6. The van der Waals surface area contributed by atoms with Crippen LogP contribution in [0.25, 0.3) is 0 Å². The second-order valence-electron chi connectivity index (χ2n) is 7.64. The maximum Gasteiger partial charge on any atom is 0.242 e. The van der Waals surface area contributed by atoms with Crippen molar-refractivity contribution in [3.05, 3.63) is 71.3 Å². The van der Waals surface area contributed by atoms with Gasteiger partial charge in [0, 0.05) is 24.9 Å². The zero-order chi connectivity index (χ0) is 18.6. The number of hydrogen-bond donors (Lipinski definition) is 1. The number of carbonyl (C=O) groups excluding carboxylic acids is 2. The van der Waals surface area contributed by atoms with Gasteiger partial charge in [-0.3, -0.25) is 9.59 Å². The fraction of sp³-hybridized carbons (Fsp3) is 0.391. The van der Waals surface area contributed by atoms with Gasteiger partial charge in [0.25, 0.3) is 0 Å². The molecular weight excluding hydrogens is 336 g/mol. The molecule has 4 heteroatoms. The van der Waals surface area contributed by atoms with Gasteiger partial charge in [-0.1, -0.05) is 67.4 Å². The van der Waals surface area contributed by atoms with Crippen LogP contribution in [-0.4, -0.2) is 29.8 Å². The van der Waals surface area contributed by atoms with E-state index in [2.05, 4.69) is 35.6 Å². The summed E-state index contributed by atoms with van der Waals surface area (Å²) in [5, 5.41) is 2.87. The Kier molecular flexibility index (Phi) is 5.23. The Labute approximate surface area is 160 Å². The molecular formula is C23H26N2O2. The Hall–Kier alpha value is -2.62. The van der Waals surface area contributed by atoms with Crippen LogP contribution in [0.1, 0.15) is 48.3 Å². The van der Waals surface area contributed by atoms with E-state index in [4.69, 9.17) is 0 Å². The smallest absolute Gasteiger partial charge is 0.242 e. The fourth-order valence-corrected chi connectivity index (χ4v) is 4.37. The highest BCUT2D eigenvalue weighted by molar-refractivity contribution is 5.86. The standard InChI is InChI=1S/C23H26N2O2/c26-22(14-24-23(27)18-10-4-5-11-18)25-15-19-12-6-7-13-20(19)21(16-25)17-8-2-1-3-9-17/h1-3,6-9,12-13,18,21H,4-5,10-11,14-16H2,(H,24,27). The van der Waals surface area contributed by atoms with E-state index in [9.17, 15) is 9.59 Å². The van der Waals surface area contributed by atoms with Crippen molar-refractivity contribution in [3.63, 3.8) is 0 Å². The van der Waals surface area contributed by atoms with Crippen molar-refractivity contribution < 1.29 is 9.59 Å². The monoisotopic (exact) mass is 362 g/mol. The molecule has 1 fully saturated rings. The summed E-state index contributed by atoms with van der Waals surface area (Å²) in [7, 11) is 0. The van der Waals surface area contributed by atoms with Gasteiger partial charge in [-0.25, -0.2) is 0 Å². The normalized spacial score (nSPS) is 19.6. The molecule has 1 aliphatic carbocycles. The number of hydrogen-bond acceptors (Lipinski definition) is 2. The van der Waals surface area contributed by atoms with Crippen LogP contribution in [0.3, 0.4) is 0 Å². The second-order valence-corrected chi connectivity index (χ2v) is 7.64. The molecule has 1 atom stereocenters. The van der Waals surface area contributed by atoms with Crippen LogP contribution < -0.4 is 5.32 Å². The highest BCUT2D eigenvalue weighted by Gasteiger charge is 2.29. The summed E-state index contributed by atoms with van der Waals surface area (Å²) in [4.78, 5) is 26.9. The first-order chi connectivity index (χ1) is 13.2. The number of carbonyl (C=O) groups is 2. The van der Waals surface area contributed by atoms with E-state index >= 15 is 0 Å². The molecule has 27 heavy (non-hydrogen) atoms. The topological polar surface area (TPSA) is 49.4 Å². The molecule has 140 valence electrons. The van der Waals surface area contributed by atoms with Gasteiger partial charge >= 0.3 is 0 Å². The number of amides is 2. The minimum absolute atomic E-state index is 0.00298. The summed E-state index contributed by atoms with van der Waals surface area (Å²) in [6, 6.07) is 18.7. The Morgan fingerprint density at radius 2 is 1.67 bits per heavy atom. The van der Waals surface area contributed by atoms with E-state index < -0.39 is 0 Å². The van der Waals surface area contributed by atoms with Crippen molar-refractivity contribution in [1.82, 2.24) is 10.2 Å². The molecule has 0 saturated heterocycles. The van der Waals surface area contributed by atoms with Gasteiger partial charge in [-0.15, -0.1) is 0 Å². The van der Waals surface area contributed by atoms with Crippen LogP contribution in [-0.2, 0) is 16.1 Å². The van der Waals surface area contributed by atoms with E-state index in [1.165, 1.54) is 16.7 Å². The zero-order valence-corrected chi connectivity index (χ0v) is 15.6. The Bertz CT molecular complexity index is 812. The third kappa shape index (κ3) is 3.90. The van der Waals surface area contributed by atoms with E-state index in [0.717, 1.165) is 25.7 Å². The largest absolute Gasteiger partial charge is 0.347 e. The lowest BCUT2D eigenvalue weighted by Crippen LogP contribution is -2.44. The molecule has 1 heterocycles. The minimum Gasteiger partial charge on any atom is -0.347 e. The number of benzene rings is 2. The van der Waals surface area contributed by atoms with Crippen LogP contribution in [0, 0.1) is 5.92 Å². The van der Waals surface area contributed by atoms with Crippen LogP contribution in [0.2, 0.25) is 0 Å². The molecule has 0 spiro atoms. The SMILES string of the molecule is O=C(NCC(=O)N1Cc2ccccc2C(c2ccccc2)C1)C1CCCC1. The second kappa shape index (κ2) is 7.95. The molecule has 4 nitrogen and oxygen atoms in total. The van der Waals surface area contributed by atoms with E-state index in [-0.39, 0.29) is 30.2 Å². The summed E-state index contributed by atoms with van der Waals surface area (Å²) < 4.78 is 0. The first-order valence-electron chi connectivity index (χ1n) is 9.90. The van der Waals surface area contributed by atoms with Crippen molar-refractivity contribution >= 4 is 11.8 Å². The Balaban J connectivity index is 1.47. The molecule has 0 radical (unpaired) electrons. The van der Waals surface area contributed by atoms with Crippen molar-refractivity contribution in [1.29, 1.82) is 0 Å². The molecule has 2 aliphatic rings. The maximum absolute atomic E-state index is 12.8. The van der Waals surface area contributed by atoms with Crippen molar-refractivity contribution in [2.24, 2.45) is 5.92 Å². The third-order valence-corrected chi connectivity index (χ3v) is 5.89. The average Bonchev–Trinajstić information content (AvgIpc) is 3.26. The number of rotatable bonds is 4. The fourth-order valence-electron chi connectivity index (χ4n) is 4.37. The first-order valence-corrected chi connectivity index (χ1v) is 9.90. The average molecular weight is 362 g/mol. The Morgan fingerprint density at radius 3 is 2.44 bits per heavy atom. The molecule has 2 amide bonds. The molecule has 1 aliphatic heterocycles. The highest BCUT2D eigenvalue weighted by Crippen LogP contribution is 2.33. The van der Waals surface area contributed by atoms with E-state index in [1.807, 2.05) is 29.2 Å². The lowest BCUT2D eigenvalue weighted by molar-refractivity contribution is -0.134. The van der Waals surface area contributed by atoms with Crippen LogP contribution in [0.15, 0.2) is 54.6 Å². The van der Waals surface area contributed by atoms with Gasteiger partial charge < -0.3 is 10.2 Å². The number of nitrogens with one attached hydrogen (secondary N) is 1. The summed E-state index contributed by atoms with van der Waals surface area (Å²) in [5.74, 6) is 0.303. The highest BCUT2D eigenvalue weighted by atomic mass is 16.2. The Morgan fingerprint density at radius 1 is 0.963 bits per heavy atom. The van der Waals surface area contributed by atoms with Gasteiger partial charge in [-0.2, -0.15) is 0 Å². The molecule has 2 aromatic rings. The van der Waals surface area contributed by atoms with Crippen LogP contribution in [0.4, 0.5) is 0 Å². The van der Waals surface area contributed by atoms with Gasteiger partial charge in [-0.05, 0) is 29.5 Å². The molecule has 1 unspecified atom stereocenters. The van der Waals surface area contributed by atoms with Gasteiger partial charge in [0.1, 0.15) is 0 Å². The number of nitrogens with zero attached hydrogens (tertiary/aromatic N) is 1. The lowest BCUT2D eigenvalue weighted by Gasteiger charge is -2.35. The van der Waals surface area contributed by atoms with Gasteiger partial charge in [0.2, 0.25) is 11.8 Å². The predicted octanol–water partition coefficient (Wildman–Crippen LogP) is 3.47. The number of fused-ring (bicyclic) bond motifs is 1. The molecule has 1 saturated carbocycles. The lowest BCUT2D eigenvalue weighted by atomic mass is 9.84. The van der Waals surface area contributed by atoms with Crippen LogP contribution in [0.5, 0.6) is 0 Å². The van der Waals surface area contributed by atoms with E-state index in [0.29, 0.717) is 13.1 Å². The summed E-state index contributed by atoms with van der Waals surface area (Å²) in [5.41, 5.74) is 3.70. The molecule has 2 aromatic carbocycles.